The number of hydrogen-bond donors (Lipinski definition) is 0. The monoisotopic (exact) mass is 262 g/mol. The first-order valence-electron chi connectivity index (χ1n) is 5.23. The summed E-state index contributed by atoms with van der Waals surface area (Å²) >= 11 is 11.7. The number of halogens is 3. The molecule has 0 bridgehead atoms. The molecule has 0 aromatic heterocycles. The van der Waals surface area contributed by atoms with Crippen LogP contribution >= 0.6 is 23.2 Å². The first kappa shape index (κ1) is 12.2. The zero-order chi connectivity index (χ0) is 11.6. The zero-order valence-corrected chi connectivity index (χ0v) is 10.3. The highest BCUT2D eigenvalue weighted by atomic mass is 35.5. The lowest BCUT2D eigenvalue weighted by atomic mass is 9.83. The van der Waals surface area contributed by atoms with Gasteiger partial charge in [0, 0.05) is 17.9 Å². The normalized spacial score (nSPS) is 24.9. The van der Waals surface area contributed by atoms with Gasteiger partial charge in [-0.3, -0.25) is 0 Å². The van der Waals surface area contributed by atoms with Gasteiger partial charge in [-0.25, -0.2) is 4.39 Å². The van der Waals surface area contributed by atoms with E-state index < -0.39 is 0 Å². The average Bonchev–Trinajstić information content (AvgIpc) is 2.74. The van der Waals surface area contributed by atoms with Crippen molar-refractivity contribution in [3.8, 4) is 0 Å². The van der Waals surface area contributed by atoms with E-state index in [0.717, 1.165) is 6.42 Å². The molecule has 4 heteroatoms. The molecule has 1 saturated heterocycles. The minimum atomic E-state index is -0.333. The Morgan fingerprint density at radius 3 is 2.88 bits per heavy atom. The van der Waals surface area contributed by atoms with Crippen LogP contribution in [-0.2, 0) is 11.2 Å². The fourth-order valence-electron chi connectivity index (χ4n) is 2.03. The number of ether oxygens (including phenoxy) is 1. The van der Waals surface area contributed by atoms with Crippen molar-refractivity contribution in [1.82, 2.24) is 0 Å². The Kier molecular flexibility index (Phi) is 3.73. The van der Waals surface area contributed by atoms with E-state index in [0.29, 0.717) is 31.1 Å². The maximum absolute atomic E-state index is 13.7. The lowest BCUT2D eigenvalue weighted by Gasteiger charge is -2.24. The second-order valence-electron chi connectivity index (χ2n) is 4.33. The van der Waals surface area contributed by atoms with Crippen LogP contribution in [0.3, 0.4) is 0 Å². The van der Waals surface area contributed by atoms with Crippen molar-refractivity contribution in [1.29, 1.82) is 0 Å². The van der Waals surface area contributed by atoms with Crippen LogP contribution in [0.5, 0.6) is 0 Å². The van der Waals surface area contributed by atoms with Crippen molar-refractivity contribution in [3.05, 3.63) is 34.6 Å². The average molecular weight is 263 g/mol. The third-order valence-electron chi connectivity index (χ3n) is 3.07. The quantitative estimate of drug-likeness (QED) is 0.756. The molecule has 1 atom stereocenters. The minimum absolute atomic E-state index is 0.132. The van der Waals surface area contributed by atoms with Crippen LogP contribution in [0.15, 0.2) is 18.2 Å². The largest absolute Gasteiger partial charge is 0.381 e. The van der Waals surface area contributed by atoms with Crippen LogP contribution in [-0.4, -0.2) is 19.1 Å². The Hall–Kier alpha value is -0.310. The van der Waals surface area contributed by atoms with Crippen molar-refractivity contribution in [2.45, 2.75) is 12.8 Å². The molecule has 1 aliphatic heterocycles. The summed E-state index contributed by atoms with van der Waals surface area (Å²) in [5.74, 6) is 0.152. The molecule has 1 heterocycles. The Morgan fingerprint density at radius 2 is 2.25 bits per heavy atom. The van der Waals surface area contributed by atoms with Gasteiger partial charge in [0.2, 0.25) is 0 Å². The Morgan fingerprint density at radius 1 is 1.44 bits per heavy atom. The summed E-state index contributed by atoms with van der Waals surface area (Å²) in [5, 5.41) is 0.168. The molecule has 1 aliphatic rings. The van der Waals surface area contributed by atoms with Gasteiger partial charge >= 0.3 is 0 Å². The van der Waals surface area contributed by atoms with E-state index in [1.54, 1.807) is 18.2 Å². The Bertz CT molecular complexity index is 375. The van der Waals surface area contributed by atoms with Crippen LogP contribution in [0.2, 0.25) is 5.02 Å². The minimum Gasteiger partial charge on any atom is -0.381 e. The Balaban J connectivity index is 2.22. The molecule has 0 spiro atoms. The molecule has 0 amide bonds. The van der Waals surface area contributed by atoms with Gasteiger partial charge in [0.25, 0.3) is 0 Å². The fraction of sp³-hybridized carbons (Fsp3) is 0.500. The highest BCUT2D eigenvalue weighted by Gasteiger charge is 2.35. The van der Waals surface area contributed by atoms with E-state index in [1.807, 2.05) is 0 Å². The van der Waals surface area contributed by atoms with Gasteiger partial charge < -0.3 is 4.74 Å². The highest BCUT2D eigenvalue weighted by molar-refractivity contribution is 6.30. The lowest BCUT2D eigenvalue weighted by molar-refractivity contribution is 0.160. The first-order valence-corrected chi connectivity index (χ1v) is 6.15. The van der Waals surface area contributed by atoms with Crippen molar-refractivity contribution in [3.63, 3.8) is 0 Å². The molecule has 1 aromatic carbocycles. The van der Waals surface area contributed by atoms with Crippen molar-refractivity contribution < 1.29 is 9.13 Å². The highest BCUT2D eigenvalue weighted by Crippen LogP contribution is 2.35. The van der Waals surface area contributed by atoms with Crippen LogP contribution in [0.25, 0.3) is 0 Å². The Labute approximate surface area is 105 Å². The predicted octanol–water partition coefficient (Wildman–Crippen LogP) is 3.67. The summed E-state index contributed by atoms with van der Waals surface area (Å²) in [7, 11) is 0. The molecular formula is C12H13Cl2FO. The predicted molar refractivity (Wildman–Crippen MR) is 63.7 cm³/mol. The third-order valence-corrected chi connectivity index (χ3v) is 3.92. The van der Waals surface area contributed by atoms with E-state index in [2.05, 4.69) is 0 Å². The maximum atomic E-state index is 13.7. The summed E-state index contributed by atoms with van der Waals surface area (Å²) < 4.78 is 19.1. The number of alkyl halides is 1. The molecule has 88 valence electrons. The van der Waals surface area contributed by atoms with E-state index in [1.165, 1.54) is 0 Å². The molecule has 0 N–H and O–H groups in total. The summed E-state index contributed by atoms with van der Waals surface area (Å²) in [6.07, 6.45) is 1.46. The molecule has 0 radical (unpaired) electrons. The standard InChI is InChI=1S/C12H13Cl2FO/c13-7-12(4-5-16-8-12)6-9-2-1-3-10(14)11(9)15/h1-3H,4-8H2. The number of rotatable bonds is 3. The molecule has 2 rings (SSSR count). The summed E-state index contributed by atoms with van der Waals surface area (Å²) in [6, 6.07) is 5.07. The number of hydrogen-bond acceptors (Lipinski definition) is 1. The topological polar surface area (TPSA) is 9.23 Å². The second kappa shape index (κ2) is 4.91. The SMILES string of the molecule is Fc1c(Cl)cccc1CC1(CCl)CCOC1. The second-order valence-corrected chi connectivity index (χ2v) is 5.00. The van der Waals surface area contributed by atoms with Crippen molar-refractivity contribution in [2.75, 3.05) is 19.1 Å². The van der Waals surface area contributed by atoms with E-state index in [9.17, 15) is 4.39 Å². The first-order chi connectivity index (χ1) is 7.67. The molecule has 0 aliphatic carbocycles. The van der Waals surface area contributed by atoms with Gasteiger partial charge in [0.05, 0.1) is 11.6 Å². The molecule has 1 fully saturated rings. The fourth-order valence-corrected chi connectivity index (χ4v) is 2.53. The molecular weight excluding hydrogens is 250 g/mol. The van der Waals surface area contributed by atoms with E-state index >= 15 is 0 Å². The van der Waals surface area contributed by atoms with Gasteiger partial charge in [0.1, 0.15) is 5.82 Å². The van der Waals surface area contributed by atoms with Crippen LogP contribution in [0.1, 0.15) is 12.0 Å². The van der Waals surface area contributed by atoms with Gasteiger partial charge in [-0.2, -0.15) is 0 Å². The summed E-state index contributed by atoms with van der Waals surface area (Å²) in [5.41, 5.74) is 0.492. The van der Waals surface area contributed by atoms with Crippen LogP contribution in [0.4, 0.5) is 4.39 Å². The van der Waals surface area contributed by atoms with Gasteiger partial charge in [-0.1, -0.05) is 23.7 Å². The van der Waals surface area contributed by atoms with Crippen LogP contribution in [0, 0.1) is 11.2 Å². The zero-order valence-electron chi connectivity index (χ0n) is 8.81. The van der Waals surface area contributed by atoms with Crippen molar-refractivity contribution in [2.24, 2.45) is 5.41 Å². The van der Waals surface area contributed by atoms with Gasteiger partial charge in [-0.15, -0.1) is 11.6 Å². The molecule has 1 nitrogen and oxygen atoms in total. The molecule has 16 heavy (non-hydrogen) atoms. The van der Waals surface area contributed by atoms with Crippen LogP contribution < -0.4 is 0 Å². The smallest absolute Gasteiger partial charge is 0.144 e. The number of benzene rings is 1. The molecule has 1 unspecified atom stereocenters. The van der Waals surface area contributed by atoms with Gasteiger partial charge in [0.15, 0.2) is 0 Å². The maximum Gasteiger partial charge on any atom is 0.144 e. The van der Waals surface area contributed by atoms with Crippen molar-refractivity contribution >= 4 is 23.2 Å². The lowest BCUT2D eigenvalue weighted by Crippen LogP contribution is -2.26. The summed E-state index contributed by atoms with van der Waals surface area (Å²) in [6.45, 7) is 1.30. The summed E-state index contributed by atoms with van der Waals surface area (Å²) in [4.78, 5) is 0. The van der Waals surface area contributed by atoms with E-state index in [4.69, 9.17) is 27.9 Å². The third kappa shape index (κ3) is 2.34. The van der Waals surface area contributed by atoms with E-state index in [-0.39, 0.29) is 16.3 Å². The molecule has 0 saturated carbocycles. The van der Waals surface area contributed by atoms with Gasteiger partial charge in [-0.05, 0) is 24.5 Å². The molecule has 1 aromatic rings.